The number of pyridine rings is 2. The number of aromatic nitrogens is 3. The molecule has 4 rings (SSSR count). The Morgan fingerprint density at radius 1 is 1.17 bits per heavy atom. The molecule has 0 spiro atoms. The molecule has 4 aromatic rings. The molecule has 0 aliphatic heterocycles. The Bertz CT molecular complexity index is 1170. The van der Waals surface area contributed by atoms with E-state index in [2.05, 4.69) is 9.97 Å². The van der Waals surface area contributed by atoms with Crippen LogP contribution in [0.25, 0.3) is 27.7 Å². The Kier molecular flexibility index (Phi) is 4.94. The van der Waals surface area contributed by atoms with E-state index in [4.69, 9.17) is 4.74 Å². The molecule has 0 bridgehead atoms. The number of H-pyrrole nitrogens is 1. The van der Waals surface area contributed by atoms with Gasteiger partial charge in [-0.05, 0) is 49.7 Å². The second kappa shape index (κ2) is 7.56. The maximum absolute atomic E-state index is 12.6. The molecule has 0 fully saturated rings. The molecule has 0 aliphatic carbocycles. The predicted octanol–water partition coefficient (Wildman–Crippen LogP) is 3.92. The summed E-state index contributed by atoms with van der Waals surface area (Å²) >= 11 is 0. The van der Waals surface area contributed by atoms with Crippen LogP contribution in [0.4, 0.5) is 0 Å². The van der Waals surface area contributed by atoms with E-state index in [1.807, 2.05) is 53.2 Å². The molecule has 0 amide bonds. The summed E-state index contributed by atoms with van der Waals surface area (Å²) in [5.41, 5.74) is 2.58. The van der Waals surface area contributed by atoms with Crippen LogP contribution in [0.2, 0.25) is 0 Å². The molecule has 0 saturated carbocycles. The van der Waals surface area contributed by atoms with E-state index in [1.165, 1.54) is 0 Å². The number of nitrogens with one attached hydrogen (secondary N) is 1. The van der Waals surface area contributed by atoms with E-state index in [1.54, 1.807) is 32.4 Å². The van der Waals surface area contributed by atoms with Gasteiger partial charge in [0.1, 0.15) is 5.75 Å². The van der Waals surface area contributed by atoms with Crippen molar-refractivity contribution in [3.05, 3.63) is 77.6 Å². The van der Waals surface area contributed by atoms with Crippen LogP contribution in [-0.2, 0) is 0 Å². The highest BCUT2D eigenvalue weighted by molar-refractivity contribution is 5.96. The molecule has 1 aromatic carbocycles. The lowest BCUT2D eigenvalue weighted by Gasteiger charge is -2.17. The molecule has 3 aromatic heterocycles. The Balaban J connectivity index is 1.70. The number of ether oxygens (including phenoxy) is 1. The SMILES string of the molecule is CC(C)(O)CCOc1ccc(-c2cn(-c3cccnc3)c3cc[nH]c(=O)c23)cc1. The van der Waals surface area contributed by atoms with Crippen molar-refractivity contribution in [1.82, 2.24) is 14.5 Å². The van der Waals surface area contributed by atoms with Gasteiger partial charge in [0.05, 0.1) is 35.0 Å². The first-order valence-corrected chi connectivity index (χ1v) is 9.51. The fraction of sp³-hybridized carbons (Fsp3) is 0.217. The molecule has 0 unspecified atom stereocenters. The van der Waals surface area contributed by atoms with Gasteiger partial charge >= 0.3 is 0 Å². The van der Waals surface area contributed by atoms with Gasteiger partial charge in [-0.25, -0.2) is 0 Å². The zero-order valence-electron chi connectivity index (χ0n) is 16.4. The summed E-state index contributed by atoms with van der Waals surface area (Å²) in [6.07, 6.45) is 7.65. The van der Waals surface area contributed by atoms with E-state index in [0.29, 0.717) is 18.4 Å². The topological polar surface area (TPSA) is 80.1 Å². The Morgan fingerprint density at radius 2 is 1.97 bits per heavy atom. The van der Waals surface area contributed by atoms with Crippen LogP contribution < -0.4 is 10.3 Å². The lowest BCUT2D eigenvalue weighted by Crippen LogP contribution is -2.21. The van der Waals surface area contributed by atoms with E-state index >= 15 is 0 Å². The first-order chi connectivity index (χ1) is 13.9. The monoisotopic (exact) mass is 389 g/mol. The van der Waals surface area contributed by atoms with Gasteiger partial charge in [-0.1, -0.05) is 12.1 Å². The molecule has 0 aliphatic rings. The second-order valence-electron chi connectivity index (χ2n) is 7.63. The van der Waals surface area contributed by atoms with Crippen molar-refractivity contribution in [3.63, 3.8) is 0 Å². The maximum atomic E-state index is 12.6. The number of hydrogen-bond acceptors (Lipinski definition) is 4. The van der Waals surface area contributed by atoms with Crippen LogP contribution >= 0.6 is 0 Å². The van der Waals surface area contributed by atoms with Crippen molar-refractivity contribution in [2.24, 2.45) is 0 Å². The largest absolute Gasteiger partial charge is 0.493 e. The number of fused-ring (bicyclic) bond motifs is 1. The van der Waals surface area contributed by atoms with Crippen molar-refractivity contribution in [2.75, 3.05) is 6.61 Å². The van der Waals surface area contributed by atoms with Gasteiger partial charge in [0.15, 0.2) is 0 Å². The number of benzene rings is 1. The van der Waals surface area contributed by atoms with Crippen molar-refractivity contribution in [3.8, 4) is 22.6 Å². The predicted molar refractivity (Wildman–Crippen MR) is 114 cm³/mol. The summed E-state index contributed by atoms with van der Waals surface area (Å²) in [7, 11) is 0. The summed E-state index contributed by atoms with van der Waals surface area (Å²) in [6, 6.07) is 13.3. The summed E-state index contributed by atoms with van der Waals surface area (Å²) in [5.74, 6) is 0.725. The van der Waals surface area contributed by atoms with E-state index in [0.717, 1.165) is 28.1 Å². The van der Waals surface area contributed by atoms with E-state index < -0.39 is 5.60 Å². The fourth-order valence-corrected chi connectivity index (χ4v) is 3.27. The number of rotatable bonds is 6. The lowest BCUT2D eigenvalue weighted by molar-refractivity contribution is 0.0553. The third-order valence-corrected chi connectivity index (χ3v) is 4.80. The van der Waals surface area contributed by atoms with E-state index in [-0.39, 0.29) is 5.56 Å². The van der Waals surface area contributed by atoms with Crippen LogP contribution in [-0.4, -0.2) is 31.8 Å². The smallest absolute Gasteiger partial charge is 0.258 e. The van der Waals surface area contributed by atoms with Crippen LogP contribution in [0.15, 0.2) is 72.0 Å². The van der Waals surface area contributed by atoms with Gasteiger partial charge in [-0.15, -0.1) is 0 Å². The first kappa shape index (κ1) is 19.0. The van der Waals surface area contributed by atoms with Gasteiger partial charge in [-0.3, -0.25) is 9.78 Å². The molecule has 29 heavy (non-hydrogen) atoms. The standard InChI is InChI=1S/C23H23N3O3/c1-23(2,28)10-13-29-18-7-5-16(6-8-18)19-15-26(17-4-3-11-24-14-17)20-9-12-25-22(27)21(19)20/h3-9,11-12,14-15,28H,10,13H2,1-2H3,(H,25,27). The first-order valence-electron chi connectivity index (χ1n) is 9.51. The third-order valence-electron chi connectivity index (χ3n) is 4.80. The molecule has 0 radical (unpaired) electrons. The van der Waals surface area contributed by atoms with Gasteiger partial charge in [0.2, 0.25) is 0 Å². The van der Waals surface area contributed by atoms with Crippen molar-refractivity contribution in [2.45, 2.75) is 25.9 Å². The number of aromatic amines is 1. The Morgan fingerprint density at radius 3 is 2.66 bits per heavy atom. The second-order valence-corrected chi connectivity index (χ2v) is 7.63. The zero-order chi connectivity index (χ0) is 20.4. The minimum Gasteiger partial charge on any atom is -0.493 e. The summed E-state index contributed by atoms with van der Waals surface area (Å²) in [4.78, 5) is 19.5. The van der Waals surface area contributed by atoms with Crippen molar-refractivity contribution in [1.29, 1.82) is 0 Å². The average Bonchev–Trinajstić information content (AvgIpc) is 3.09. The highest BCUT2D eigenvalue weighted by Gasteiger charge is 2.15. The van der Waals surface area contributed by atoms with Crippen LogP contribution in [0.1, 0.15) is 20.3 Å². The highest BCUT2D eigenvalue weighted by Crippen LogP contribution is 2.31. The van der Waals surface area contributed by atoms with Crippen LogP contribution in [0.3, 0.4) is 0 Å². The van der Waals surface area contributed by atoms with Crippen LogP contribution in [0.5, 0.6) is 5.75 Å². The lowest BCUT2D eigenvalue weighted by atomic mass is 10.1. The molecule has 6 nitrogen and oxygen atoms in total. The molecule has 3 heterocycles. The summed E-state index contributed by atoms with van der Waals surface area (Å²) in [5, 5.41) is 10.4. The number of aliphatic hydroxyl groups is 1. The fourth-order valence-electron chi connectivity index (χ4n) is 3.27. The molecule has 6 heteroatoms. The normalized spacial score (nSPS) is 11.7. The van der Waals surface area contributed by atoms with Gasteiger partial charge in [-0.2, -0.15) is 0 Å². The third kappa shape index (κ3) is 4.07. The zero-order valence-corrected chi connectivity index (χ0v) is 16.4. The summed E-state index contributed by atoms with van der Waals surface area (Å²) in [6.45, 7) is 3.95. The van der Waals surface area contributed by atoms with Crippen LogP contribution in [0, 0.1) is 0 Å². The Labute approximate surface area is 168 Å². The molecule has 0 saturated heterocycles. The van der Waals surface area contributed by atoms with Gasteiger partial charge < -0.3 is 19.4 Å². The quantitative estimate of drug-likeness (QED) is 0.524. The molecule has 2 N–H and O–H groups in total. The highest BCUT2D eigenvalue weighted by atomic mass is 16.5. The Hall–Kier alpha value is -3.38. The minimum absolute atomic E-state index is 0.134. The van der Waals surface area contributed by atoms with Crippen molar-refractivity contribution >= 4 is 10.9 Å². The van der Waals surface area contributed by atoms with Gasteiger partial charge in [0.25, 0.3) is 5.56 Å². The number of hydrogen-bond donors (Lipinski definition) is 2. The van der Waals surface area contributed by atoms with Crippen molar-refractivity contribution < 1.29 is 9.84 Å². The summed E-state index contributed by atoms with van der Waals surface area (Å²) < 4.78 is 7.69. The number of nitrogens with zero attached hydrogens (tertiary/aromatic N) is 2. The van der Waals surface area contributed by atoms with E-state index in [9.17, 15) is 9.90 Å². The molecule has 0 atom stereocenters. The van der Waals surface area contributed by atoms with Gasteiger partial charge in [0, 0.05) is 30.6 Å². The average molecular weight is 389 g/mol. The molecule has 148 valence electrons. The maximum Gasteiger partial charge on any atom is 0.258 e. The molecular weight excluding hydrogens is 366 g/mol. The molecular formula is C23H23N3O3. The minimum atomic E-state index is -0.755.